The Balaban J connectivity index is 1.77. The Labute approximate surface area is 127 Å². The van der Waals surface area contributed by atoms with Crippen LogP contribution in [0.15, 0.2) is 12.1 Å². The minimum Gasteiger partial charge on any atom is -0.494 e. The van der Waals surface area contributed by atoms with Crippen molar-refractivity contribution in [3.8, 4) is 11.8 Å². The summed E-state index contributed by atoms with van der Waals surface area (Å²) in [6.45, 7) is 0.625. The summed E-state index contributed by atoms with van der Waals surface area (Å²) in [5, 5.41) is 19.9. The van der Waals surface area contributed by atoms with Gasteiger partial charge >= 0.3 is 0 Å². The number of aromatic hydroxyl groups is 2. The third-order valence-corrected chi connectivity index (χ3v) is 5.33. The molecule has 4 heteroatoms. The average molecular weight is 292 g/mol. The Morgan fingerprint density at radius 3 is 1.67 bits per heavy atom. The number of hydrogen-bond acceptors (Lipinski definition) is 3. The summed E-state index contributed by atoms with van der Waals surface area (Å²) in [5.41, 5.74) is 0. The Bertz CT molecular complexity index is 408. The van der Waals surface area contributed by atoms with E-state index in [-0.39, 0.29) is 11.8 Å². The van der Waals surface area contributed by atoms with Crippen molar-refractivity contribution >= 4 is 0 Å². The second-order valence-electron chi connectivity index (χ2n) is 6.72. The molecule has 118 valence electrons. The maximum absolute atomic E-state index is 9.95. The van der Waals surface area contributed by atoms with Crippen LogP contribution in [-0.4, -0.2) is 31.8 Å². The Morgan fingerprint density at radius 2 is 1.24 bits per heavy atom. The van der Waals surface area contributed by atoms with Crippen LogP contribution in [0.3, 0.4) is 0 Å². The molecule has 2 N–H and O–H groups in total. The van der Waals surface area contributed by atoms with Crippen LogP contribution in [0.25, 0.3) is 0 Å². The summed E-state index contributed by atoms with van der Waals surface area (Å²) >= 11 is 0. The smallest absolute Gasteiger partial charge is 0.194 e. The van der Waals surface area contributed by atoms with E-state index < -0.39 is 0 Å². The van der Waals surface area contributed by atoms with Gasteiger partial charge in [-0.15, -0.1) is 0 Å². The van der Waals surface area contributed by atoms with Gasteiger partial charge in [-0.25, -0.2) is 0 Å². The Morgan fingerprint density at radius 1 is 0.810 bits per heavy atom. The molecular weight excluding hydrogens is 264 g/mol. The molecule has 2 saturated carbocycles. The minimum atomic E-state index is 0.170. The van der Waals surface area contributed by atoms with Gasteiger partial charge in [0.25, 0.3) is 0 Å². The summed E-state index contributed by atoms with van der Waals surface area (Å²) in [7, 11) is 0. The largest absolute Gasteiger partial charge is 0.494 e. The van der Waals surface area contributed by atoms with Gasteiger partial charge in [0.2, 0.25) is 0 Å². The van der Waals surface area contributed by atoms with Crippen molar-refractivity contribution in [3.05, 3.63) is 12.1 Å². The van der Waals surface area contributed by atoms with Crippen LogP contribution in [0.5, 0.6) is 11.8 Å². The molecule has 0 saturated heterocycles. The van der Waals surface area contributed by atoms with Gasteiger partial charge in [0, 0.05) is 24.2 Å². The lowest BCUT2D eigenvalue weighted by Crippen LogP contribution is -2.45. The van der Waals surface area contributed by atoms with Crippen molar-refractivity contribution in [1.29, 1.82) is 0 Å². The molecule has 0 amide bonds. The highest BCUT2D eigenvalue weighted by atomic mass is 16.3. The maximum atomic E-state index is 9.95. The van der Waals surface area contributed by atoms with Crippen molar-refractivity contribution in [2.45, 2.75) is 83.0 Å². The first kappa shape index (κ1) is 14.8. The lowest BCUT2D eigenvalue weighted by Gasteiger charge is -2.41. The van der Waals surface area contributed by atoms with Crippen molar-refractivity contribution in [2.75, 3.05) is 0 Å². The predicted molar refractivity (Wildman–Crippen MR) is 83.3 cm³/mol. The minimum absolute atomic E-state index is 0.170. The molecule has 1 aromatic heterocycles. The number of nitrogens with zero attached hydrogens (tertiary/aromatic N) is 2. The Kier molecular flexibility index (Phi) is 4.73. The first-order valence-corrected chi connectivity index (χ1v) is 8.59. The van der Waals surface area contributed by atoms with Crippen LogP contribution in [-0.2, 0) is 6.67 Å². The van der Waals surface area contributed by atoms with Gasteiger partial charge in [0.15, 0.2) is 11.8 Å². The molecular formula is C17H28N2O2. The zero-order valence-electron chi connectivity index (χ0n) is 12.9. The van der Waals surface area contributed by atoms with Gasteiger partial charge in [-0.05, 0) is 25.7 Å². The van der Waals surface area contributed by atoms with Crippen molar-refractivity contribution in [2.24, 2.45) is 0 Å². The van der Waals surface area contributed by atoms with Crippen molar-refractivity contribution < 1.29 is 10.2 Å². The summed E-state index contributed by atoms with van der Waals surface area (Å²) in [6.07, 6.45) is 13.0. The third-order valence-electron chi connectivity index (χ3n) is 5.33. The van der Waals surface area contributed by atoms with E-state index in [2.05, 4.69) is 4.90 Å². The zero-order valence-corrected chi connectivity index (χ0v) is 12.9. The van der Waals surface area contributed by atoms with E-state index in [0.29, 0.717) is 18.8 Å². The quantitative estimate of drug-likeness (QED) is 0.887. The standard InChI is InChI=1S/C17H28N2O2/c20-16-11-12-17(21)19(16)13-18(14-7-3-1-4-8-14)15-9-5-2-6-10-15/h11-12,14-15,20-21H,1-10,13H2. The monoisotopic (exact) mass is 292 g/mol. The molecule has 0 aliphatic heterocycles. The van der Waals surface area contributed by atoms with Crippen LogP contribution in [0, 0.1) is 0 Å². The molecule has 1 heterocycles. The highest BCUT2D eigenvalue weighted by molar-refractivity contribution is 5.23. The first-order chi connectivity index (χ1) is 10.3. The molecule has 0 atom stereocenters. The number of aromatic nitrogens is 1. The topological polar surface area (TPSA) is 48.6 Å². The molecule has 2 aliphatic rings. The molecule has 0 aromatic carbocycles. The molecule has 2 aliphatic carbocycles. The fraction of sp³-hybridized carbons (Fsp3) is 0.765. The first-order valence-electron chi connectivity index (χ1n) is 8.59. The molecule has 0 unspecified atom stereocenters. The molecule has 0 radical (unpaired) electrons. The second kappa shape index (κ2) is 6.73. The lowest BCUT2D eigenvalue weighted by molar-refractivity contribution is 0.0453. The van der Waals surface area contributed by atoms with Gasteiger partial charge in [-0.3, -0.25) is 9.47 Å². The Hall–Kier alpha value is -1.16. The maximum Gasteiger partial charge on any atom is 0.194 e. The van der Waals surface area contributed by atoms with Crippen LogP contribution in [0.4, 0.5) is 0 Å². The van der Waals surface area contributed by atoms with Crippen LogP contribution < -0.4 is 0 Å². The molecule has 1 aromatic rings. The third kappa shape index (κ3) is 3.37. The zero-order chi connectivity index (χ0) is 14.7. The van der Waals surface area contributed by atoms with E-state index in [4.69, 9.17) is 0 Å². The van der Waals surface area contributed by atoms with Gasteiger partial charge < -0.3 is 10.2 Å². The normalized spacial score (nSPS) is 22.0. The molecule has 21 heavy (non-hydrogen) atoms. The molecule has 0 bridgehead atoms. The van der Waals surface area contributed by atoms with Crippen molar-refractivity contribution in [1.82, 2.24) is 9.47 Å². The highest BCUT2D eigenvalue weighted by Gasteiger charge is 2.29. The molecule has 2 fully saturated rings. The van der Waals surface area contributed by atoms with E-state index in [1.165, 1.54) is 64.2 Å². The van der Waals surface area contributed by atoms with Gasteiger partial charge in [-0.1, -0.05) is 38.5 Å². The summed E-state index contributed by atoms with van der Waals surface area (Å²) in [5.74, 6) is 0.341. The summed E-state index contributed by atoms with van der Waals surface area (Å²) in [6, 6.07) is 4.39. The molecule has 0 spiro atoms. The summed E-state index contributed by atoms with van der Waals surface area (Å²) in [4.78, 5) is 2.57. The van der Waals surface area contributed by atoms with Crippen LogP contribution in [0.1, 0.15) is 64.2 Å². The van der Waals surface area contributed by atoms with Gasteiger partial charge in [0.1, 0.15) is 0 Å². The van der Waals surface area contributed by atoms with Gasteiger partial charge in [-0.2, -0.15) is 0 Å². The lowest BCUT2D eigenvalue weighted by atomic mass is 9.89. The fourth-order valence-corrected chi connectivity index (χ4v) is 4.11. The number of rotatable bonds is 4. The van der Waals surface area contributed by atoms with E-state index in [1.807, 2.05) is 0 Å². The SMILES string of the molecule is Oc1ccc(O)n1CN(C1CCCCC1)C1CCCCC1. The highest BCUT2D eigenvalue weighted by Crippen LogP contribution is 2.32. The van der Waals surface area contributed by atoms with Crippen LogP contribution >= 0.6 is 0 Å². The van der Waals surface area contributed by atoms with Gasteiger partial charge in [0.05, 0.1) is 6.67 Å². The van der Waals surface area contributed by atoms with E-state index >= 15 is 0 Å². The number of hydrogen-bond donors (Lipinski definition) is 2. The fourth-order valence-electron chi connectivity index (χ4n) is 4.11. The van der Waals surface area contributed by atoms with E-state index in [9.17, 15) is 10.2 Å². The summed E-state index contributed by atoms with van der Waals surface area (Å²) < 4.78 is 1.64. The average Bonchev–Trinajstić information content (AvgIpc) is 2.85. The predicted octanol–water partition coefficient (Wildman–Crippen LogP) is 3.82. The van der Waals surface area contributed by atoms with Crippen LogP contribution in [0.2, 0.25) is 0 Å². The van der Waals surface area contributed by atoms with E-state index in [1.54, 1.807) is 16.7 Å². The second-order valence-corrected chi connectivity index (χ2v) is 6.72. The molecule has 4 nitrogen and oxygen atoms in total. The molecule has 3 rings (SSSR count). The van der Waals surface area contributed by atoms with Crippen molar-refractivity contribution in [3.63, 3.8) is 0 Å². The van der Waals surface area contributed by atoms with E-state index in [0.717, 1.165) is 0 Å².